The highest BCUT2D eigenvalue weighted by Crippen LogP contribution is 2.43. The molecule has 1 saturated carbocycles. The minimum absolute atomic E-state index is 0.191. The Morgan fingerprint density at radius 2 is 2.05 bits per heavy atom. The molecule has 1 saturated heterocycles. The van der Waals surface area contributed by atoms with Gasteiger partial charge >= 0.3 is 0 Å². The molecule has 0 radical (unpaired) electrons. The molecular weight excluding hydrogens is 264 g/mol. The quantitative estimate of drug-likeness (QED) is 0.924. The summed E-state index contributed by atoms with van der Waals surface area (Å²) >= 11 is 0. The zero-order valence-electron chi connectivity index (χ0n) is 12.5. The van der Waals surface area contributed by atoms with E-state index in [9.17, 15) is 5.11 Å². The Balaban J connectivity index is 1.35. The fourth-order valence-electron chi connectivity index (χ4n) is 4.25. The Morgan fingerprint density at radius 3 is 2.90 bits per heavy atom. The lowest BCUT2D eigenvalue weighted by molar-refractivity contribution is -0.0508. The predicted molar refractivity (Wildman–Crippen MR) is 80.5 cm³/mol. The second kappa shape index (κ2) is 5.29. The van der Waals surface area contributed by atoms with Crippen LogP contribution >= 0.6 is 0 Å². The van der Waals surface area contributed by atoms with E-state index in [1.807, 2.05) is 12.1 Å². The molecule has 1 heterocycles. The maximum Gasteiger partial charge on any atom is 0.119 e. The van der Waals surface area contributed by atoms with Crippen molar-refractivity contribution in [3.8, 4) is 5.75 Å². The van der Waals surface area contributed by atoms with E-state index in [4.69, 9.17) is 9.47 Å². The molecule has 3 heteroatoms. The van der Waals surface area contributed by atoms with E-state index >= 15 is 0 Å². The number of rotatable bonds is 3. The third-order valence-corrected chi connectivity index (χ3v) is 5.45. The van der Waals surface area contributed by atoms with Gasteiger partial charge in [-0.1, -0.05) is 18.9 Å². The number of hydrogen-bond acceptors (Lipinski definition) is 3. The Labute approximate surface area is 126 Å². The van der Waals surface area contributed by atoms with Crippen LogP contribution in [0.15, 0.2) is 18.2 Å². The van der Waals surface area contributed by atoms with Gasteiger partial charge in [-0.25, -0.2) is 0 Å². The molecule has 2 fully saturated rings. The van der Waals surface area contributed by atoms with Crippen LogP contribution in [0, 0.1) is 0 Å². The average molecular weight is 288 g/mol. The SMILES string of the molecule is OC1CCc2cc(OCC3CCC4(CCCC4)O3)ccc21. The van der Waals surface area contributed by atoms with E-state index in [2.05, 4.69) is 6.07 Å². The molecule has 1 aliphatic heterocycles. The van der Waals surface area contributed by atoms with E-state index in [1.165, 1.54) is 37.7 Å². The van der Waals surface area contributed by atoms with Gasteiger partial charge in [0.15, 0.2) is 0 Å². The van der Waals surface area contributed by atoms with E-state index in [-0.39, 0.29) is 17.8 Å². The zero-order valence-corrected chi connectivity index (χ0v) is 12.5. The number of aliphatic hydroxyl groups excluding tert-OH is 1. The minimum Gasteiger partial charge on any atom is -0.491 e. The molecule has 2 atom stereocenters. The molecule has 2 unspecified atom stereocenters. The Morgan fingerprint density at radius 1 is 1.19 bits per heavy atom. The van der Waals surface area contributed by atoms with Gasteiger partial charge in [-0.3, -0.25) is 0 Å². The fourth-order valence-corrected chi connectivity index (χ4v) is 4.25. The molecule has 3 aliphatic rings. The Hall–Kier alpha value is -1.06. The highest BCUT2D eigenvalue weighted by Gasteiger charge is 2.42. The van der Waals surface area contributed by atoms with Gasteiger partial charge in [-0.05, 0) is 61.8 Å². The van der Waals surface area contributed by atoms with Crippen LogP contribution in [-0.2, 0) is 11.2 Å². The van der Waals surface area contributed by atoms with Crippen LogP contribution in [0.1, 0.15) is 62.2 Å². The first-order valence-corrected chi connectivity index (χ1v) is 8.36. The maximum absolute atomic E-state index is 9.83. The highest BCUT2D eigenvalue weighted by molar-refractivity contribution is 5.39. The summed E-state index contributed by atoms with van der Waals surface area (Å²) in [5.41, 5.74) is 2.50. The number of ether oxygens (including phenoxy) is 2. The summed E-state index contributed by atoms with van der Waals surface area (Å²) in [6.07, 6.45) is 9.21. The Kier molecular flexibility index (Phi) is 3.43. The molecule has 1 spiro atoms. The molecule has 2 aliphatic carbocycles. The normalized spacial score (nSPS) is 30.0. The number of benzene rings is 1. The summed E-state index contributed by atoms with van der Waals surface area (Å²) < 4.78 is 12.2. The number of aliphatic hydroxyl groups is 1. The van der Waals surface area contributed by atoms with E-state index in [1.54, 1.807) is 0 Å². The lowest BCUT2D eigenvalue weighted by Crippen LogP contribution is -2.27. The van der Waals surface area contributed by atoms with Crippen molar-refractivity contribution in [3.63, 3.8) is 0 Å². The second-order valence-corrected chi connectivity index (χ2v) is 6.89. The van der Waals surface area contributed by atoms with Gasteiger partial charge in [0.25, 0.3) is 0 Å². The van der Waals surface area contributed by atoms with Crippen molar-refractivity contribution < 1.29 is 14.6 Å². The number of hydrogen-bond donors (Lipinski definition) is 1. The lowest BCUT2D eigenvalue weighted by atomic mass is 9.98. The van der Waals surface area contributed by atoms with Crippen LogP contribution in [0.2, 0.25) is 0 Å². The summed E-state index contributed by atoms with van der Waals surface area (Å²) in [7, 11) is 0. The van der Waals surface area contributed by atoms with Crippen LogP contribution in [0.25, 0.3) is 0 Å². The van der Waals surface area contributed by atoms with Crippen LogP contribution in [-0.4, -0.2) is 23.4 Å². The average Bonchev–Trinajstić information content (AvgIpc) is 3.20. The lowest BCUT2D eigenvalue weighted by Gasteiger charge is -2.23. The smallest absolute Gasteiger partial charge is 0.119 e. The molecule has 1 aromatic carbocycles. The highest BCUT2D eigenvalue weighted by atomic mass is 16.6. The van der Waals surface area contributed by atoms with Gasteiger partial charge in [0.2, 0.25) is 0 Å². The summed E-state index contributed by atoms with van der Waals surface area (Å²) in [6, 6.07) is 6.08. The molecule has 0 amide bonds. The molecular formula is C18H24O3. The first-order chi connectivity index (χ1) is 10.2. The molecule has 114 valence electrons. The second-order valence-electron chi connectivity index (χ2n) is 6.89. The summed E-state index contributed by atoms with van der Waals surface area (Å²) in [6.45, 7) is 0.656. The zero-order chi connectivity index (χ0) is 14.3. The van der Waals surface area contributed by atoms with Crippen molar-refractivity contribution in [2.45, 2.75) is 69.2 Å². The van der Waals surface area contributed by atoms with Gasteiger partial charge in [0.1, 0.15) is 12.4 Å². The maximum atomic E-state index is 9.83. The van der Waals surface area contributed by atoms with Crippen LogP contribution in [0.3, 0.4) is 0 Å². The third-order valence-electron chi connectivity index (χ3n) is 5.45. The first kappa shape index (κ1) is 13.6. The van der Waals surface area contributed by atoms with E-state index < -0.39 is 0 Å². The third kappa shape index (κ3) is 2.58. The van der Waals surface area contributed by atoms with Gasteiger partial charge in [-0.15, -0.1) is 0 Å². The van der Waals surface area contributed by atoms with Gasteiger partial charge in [0.05, 0.1) is 17.8 Å². The first-order valence-electron chi connectivity index (χ1n) is 8.36. The topological polar surface area (TPSA) is 38.7 Å². The molecule has 1 N–H and O–H groups in total. The molecule has 21 heavy (non-hydrogen) atoms. The van der Waals surface area contributed by atoms with Crippen molar-refractivity contribution in [2.24, 2.45) is 0 Å². The molecule has 0 aromatic heterocycles. The van der Waals surface area contributed by atoms with Crippen LogP contribution < -0.4 is 4.74 Å². The van der Waals surface area contributed by atoms with Crippen LogP contribution in [0.5, 0.6) is 5.75 Å². The van der Waals surface area contributed by atoms with Crippen molar-refractivity contribution in [3.05, 3.63) is 29.3 Å². The molecule has 3 nitrogen and oxygen atoms in total. The summed E-state index contributed by atoms with van der Waals surface area (Å²) in [5, 5.41) is 9.83. The van der Waals surface area contributed by atoms with Gasteiger partial charge in [-0.2, -0.15) is 0 Å². The molecule has 4 rings (SSSR count). The minimum atomic E-state index is -0.283. The van der Waals surface area contributed by atoms with Crippen molar-refractivity contribution in [1.82, 2.24) is 0 Å². The van der Waals surface area contributed by atoms with E-state index in [0.29, 0.717) is 6.61 Å². The monoisotopic (exact) mass is 288 g/mol. The fraction of sp³-hybridized carbons (Fsp3) is 0.667. The van der Waals surface area contributed by atoms with Gasteiger partial charge < -0.3 is 14.6 Å². The van der Waals surface area contributed by atoms with Crippen molar-refractivity contribution in [1.29, 1.82) is 0 Å². The van der Waals surface area contributed by atoms with Crippen molar-refractivity contribution >= 4 is 0 Å². The largest absolute Gasteiger partial charge is 0.491 e. The number of aryl methyl sites for hydroxylation is 1. The number of fused-ring (bicyclic) bond motifs is 1. The van der Waals surface area contributed by atoms with Crippen molar-refractivity contribution in [2.75, 3.05) is 6.61 Å². The van der Waals surface area contributed by atoms with Crippen LogP contribution in [0.4, 0.5) is 0 Å². The summed E-state index contributed by atoms with van der Waals surface area (Å²) in [4.78, 5) is 0. The molecule has 0 bridgehead atoms. The van der Waals surface area contributed by atoms with E-state index in [0.717, 1.165) is 30.6 Å². The molecule has 1 aromatic rings. The Bertz CT molecular complexity index is 519. The predicted octanol–water partition coefficient (Wildman–Crippen LogP) is 3.54. The summed E-state index contributed by atoms with van der Waals surface area (Å²) in [5.74, 6) is 0.916. The standard InChI is InChI=1S/C18H24O3/c19-17-6-3-13-11-14(4-5-16(13)17)20-12-15-7-10-18(21-15)8-1-2-9-18/h4-5,11,15,17,19H,1-3,6-10,12H2. The van der Waals surface area contributed by atoms with Gasteiger partial charge in [0, 0.05) is 0 Å².